The van der Waals surface area contributed by atoms with Gasteiger partial charge in [0.15, 0.2) is 6.10 Å². The summed E-state index contributed by atoms with van der Waals surface area (Å²) in [7, 11) is -11.4. The van der Waals surface area contributed by atoms with E-state index in [9.17, 15) is 35.2 Å². The zero-order valence-electron chi connectivity index (χ0n) is 16.3. The molecule has 4 fully saturated rings. The van der Waals surface area contributed by atoms with Gasteiger partial charge in [-0.1, -0.05) is 11.1 Å². The normalized spacial score (nSPS) is 34.2. The molecule has 1 N–H and O–H groups in total. The molecule has 3 saturated heterocycles. The number of fused-ring (bicyclic) bond motifs is 1. The Labute approximate surface area is 177 Å². The third-order valence-electron chi connectivity index (χ3n) is 6.28. The molecule has 31 heavy (non-hydrogen) atoms. The molecule has 4 aliphatic rings. The molecular formula is C16H21F2NO10S2. The molecule has 0 aromatic heterocycles. The van der Waals surface area contributed by atoms with E-state index in [0.29, 0.717) is 25.7 Å². The van der Waals surface area contributed by atoms with Crippen molar-refractivity contribution in [2.45, 2.75) is 80.7 Å². The highest BCUT2D eigenvalue weighted by Crippen LogP contribution is 2.47. The van der Waals surface area contributed by atoms with Crippen molar-refractivity contribution in [3.63, 3.8) is 0 Å². The second kappa shape index (κ2) is 7.30. The number of rotatable bonds is 8. The average molecular weight is 489 g/mol. The van der Waals surface area contributed by atoms with E-state index in [1.165, 1.54) is 0 Å². The van der Waals surface area contributed by atoms with E-state index in [-0.39, 0.29) is 12.8 Å². The van der Waals surface area contributed by atoms with E-state index < -0.39 is 73.5 Å². The van der Waals surface area contributed by atoms with E-state index in [0.717, 1.165) is 4.13 Å². The van der Waals surface area contributed by atoms with Crippen LogP contribution in [0.15, 0.2) is 0 Å². The van der Waals surface area contributed by atoms with Crippen LogP contribution in [-0.4, -0.2) is 64.0 Å². The number of ether oxygens (including phenoxy) is 3. The van der Waals surface area contributed by atoms with E-state index in [4.69, 9.17) is 18.4 Å². The lowest BCUT2D eigenvalue weighted by atomic mass is 9.88. The molecule has 0 aromatic carbocycles. The quantitative estimate of drug-likeness (QED) is 0.465. The predicted molar refractivity (Wildman–Crippen MR) is 95.0 cm³/mol. The zero-order valence-corrected chi connectivity index (χ0v) is 17.9. The maximum Gasteiger partial charge on any atom is 0.455 e. The molecule has 0 amide bonds. The molecule has 11 nitrogen and oxygen atoms in total. The summed E-state index contributed by atoms with van der Waals surface area (Å²) >= 11 is 0. The number of carbonyl (C=O) groups excluding carboxylic acids is 2. The number of esters is 2. The Balaban J connectivity index is 1.45. The highest BCUT2D eigenvalue weighted by Gasteiger charge is 2.65. The van der Waals surface area contributed by atoms with E-state index in [2.05, 4.69) is 0 Å². The second-order valence-electron chi connectivity index (χ2n) is 8.13. The lowest BCUT2D eigenvalue weighted by Gasteiger charge is -2.29. The summed E-state index contributed by atoms with van der Waals surface area (Å²) in [6, 6.07) is 0. The van der Waals surface area contributed by atoms with Gasteiger partial charge in [-0.05, 0) is 38.5 Å². The van der Waals surface area contributed by atoms with Gasteiger partial charge in [-0.3, -0.25) is 4.79 Å². The molecule has 3 aliphatic heterocycles. The fraction of sp³-hybridized carbons (Fsp3) is 0.875. The minimum atomic E-state index is -6.09. The minimum absolute atomic E-state index is 0.0918. The Hall–Kier alpha value is -1.42. The Morgan fingerprint density at radius 2 is 1.87 bits per heavy atom. The van der Waals surface area contributed by atoms with Crippen molar-refractivity contribution >= 4 is 32.3 Å². The zero-order chi connectivity index (χ0) is 22.8. The number of sulfonamides is 1. The van der Waals surface area contributed by atoms with Gasteiger partial charge in [-0.25, -0.2) is 17.4 Å². The Bertz CT molecular complexity index is 992. The van der Waals surface area contributed by atoms with Gasteiger partial charge in [0.25, 0.3) is 0 Å². The first-order chi connectivity index (χ1) is 14.3. The van der Waals surface area contributed by atoms with Crippen molar-refractivity contribution < 1.29 is 53.6 Å². The monoisotopic (exact) mass is 489 g/mol. The van der Waals surface area contributed by atoms with Crippen LogP contribution >= 0.6 is 0 Å². The number of hydrogen-bond donors (Lipinski definition) is 1. The molecule has 1 saturated carbocycles. The van der Waals surface area contributed by atoms with Crippen molar-refractivity contribution in [2.24, 2.45) is 5.92 Å². The Morgan fingerprint density at radius 3 is 2.48 bits per heavy atom. The molecule has 176 valence electrons. The predicted octanol–water partition coefficient (Wildman–Crippen LogP) is 0.107. The van der Waals surface area contributed by atoms with Crippen molar-refractivity contribution in [1.29, 1.82) is 0 Å². The van der Waals surface area contributed by atoms with Gasteiger partial charge >= 0.3 is 37.5 Å². The van der Waals surface area contributed by atoms with Gasteiger partial charge in [0.2, 0.25) is 0 Å². The van der Waals surface area contributed by atoms with Gasteiger partial charge in [-0.2, -0.15) is 17.2 Å². The van der Waals surface area contributed by atoms with E-state index in [1.807, 2.05) is 0 Å². The van der Waals surface area contributed by atoms with Gasteiger partial charge in [-0.15, -0.1) is 0 Å². The van der Waals surface area contributed by atoms with Crippen LogP contribution in [0.4, 0.5) is 8.78 Å². The first-order valence-corrected chi connectivity index (χ1v) is 12.6. The highest BCUT2D eigenvalue weighted by molar-refractivity contribution is 8.03. The standard InChI is InChI=1S/C16H21F2NO10S2/c1-2-15(5-3-4-6-15)28-14(21)16(17,18)30(22,23)19-31(24,25)29-11-9-7-8-10(26-9)12(11)27-13(8)20/h8-12,19H,2-7H2,1H3. The summed E-state index contributed by atoms with van der Waals surface area (Å²) in [4.78, 5) is 23.7. The number of halogens is 2. The Morgan fingerprint density at radius 1 is 1.23 bits per heavy atom. The summed E-state index contributed by atoms with van der Waals surface area (Å²) in [6.45, 7) is 1.61. The summed E-state index contributed by atoms with van der Waals surface area (Å²) in [5.74, 6) is -3.54. The smallest absolute Gasteiger partial charge is 0.455 e. The topological polar surface area (TPSA) is 151 Å². The number of nitrogens with one attached hydrogen (secondary N) is 1. The minimum Gasteiger partial charge on any atom is -0.456 e. The second-order valence-corrected chi connectivity index (χ2v) is 11.4. The molecule has 5 atom stereocenters. The molecule has 15 heteroatoms. The van der Waals surface area contributed by atoms with Gasteiger partial charge in [0.1, 0.15) is 17.8 Å². The van der Waals surface area contributed by atoms with Crippen molar-refractivity contribution in [1.82, 2.24) is 4.13 Å². The van der Waals surface area contributed by atoms with E-state index >= 15 is 0 Å². The number of carbonyl (C=O) groups is 2. The number of alkyl halides is 2. The van der Waals surface area contributed by atoms with Crippen LogP contribution < -0.4 is 4.13 Å². The fourth-order valence-electron chi connectivity index (χ4n) is 4.62. The van der Waals surface area contributed by atoms with Crippen LogP contribution in [0.3, 0.4) is 0 Å². The molecule has 4 rings (SSSR count). The molecule has 0 aromatic rings. The molecule has 3 heterocycles. The van der Waals surface area contributed by atoms with Crippen LogP contribution in [0.2, 0.25) is 0 Å². The third kappa shape index (κ3) is 3.73. The molecule has 5 unspecified atom stereocenters. The maximum atomic E-state index is 14.4. The fourth-order valence-corrected chi connectivity index (χ4v) is 7.06. The largest absolute Gasteiger partial charge is 0.456 e. The van der Waals surface area contributed by atoms with Crippen LogP contribution in [0, 0.1) is 5.92 Å². The van der Waals surface area contributed by atoms with Gasteiger partial charge in [0.05, 0.1) is 12.0 Å². The highest BCUT2D eigenvalue weighted by atomic mass is 32.3. The van der Waals surface area contributed by atoms with Crippen LogP contribution in [0.1, 0.15) is 45.4 Å². The van der Waals surface area contributed by atoms with Crippen LogP contribution in [-0.2, 0) is 48.3 Å². The molecule has 1 aliphatic carbocycles. The summed E-state index contributed by atoms with van der Waals surface area (Å²) in [6.07, 6.45) is -2.00. The average Bonchev–Trinajstić information content (AvgIpc) is 3.39. The third-order valence-corrected chi connectivity index (χ3v) is 9.29. The van der Waals surface area contributed by atoms with Crippen molar-refractivity contribution in [3.05, 3.63) is 0 Å². The first-order valence-electron chi connectivity index (χ1n) is 9.74. The van der Waals surface area contributed by atoms with Gasteiger partial charge in [0, 0.05) is 0 Å². The molecular weight excluding hydrogens is 468 g/mol. The first kappa shape index (κ1) is 22.8. The maximum absolute atomic E-state index is 14.4. The Kier molecular flexibility index (Phi) is 5.36. The molecule has 2 bridgehead atoms. The van der Waals surface area contributed by atoms with Crippen molar-refractivity contribution in [2.75, 3.05) is 0 Å². The molecule has 0 spiro atoms. The van der Waals surface area contributed by atoms with Crippen LogP contribution in [0.25, 0.3) is 0 Å². The lowest BCUT2D eigenvalue weighted by Crippen LogP contribution is -2.52. The van der Waals surface area contributed by atoms with Gasteiger partial charge < -0.3 is 14.2 Å². The molecule has 0 radical (unpaired) electrons. The summed E-state index contributed by atoms with van der Waals surface area (Å²) in [5, 5.41) is -5.19. The summed E-state index contributed by atoms with van der Waals surface area (Å²) < 4.78 is 97.9. The van der Waals surface area contributed by atoms with Crippen molar-refractivity contribution in [3.8, 4) is 0 Å². The van der Waals surface area contributed by atoms with Crippen LogP contribution in [0.5, 0.6) is 0 Å². The lowest BCUT2D eigenvalue weighted by molar-refractivity contribution is -0.177. The SMILES string of the molecule is CCC1(OC(=O)C(F)(F)S(=O)(=O)NS(=O)(=O)OC2C3CC4C(=O)OC2C4O3)CCCC1. The number of hydrogen-bond acceptors (Lipinski definition) is 10. The summed E-state index contributed by atoms with van der Waals surface area (Å²) in [5.41, 5.74) is -1.21. The van der Waals surface area contributed by atoms with E-state index in [1.54, 1.807) is 6.92 Å².